The number of pyridine rings is 1. The number of nitrogens with zero attached hydrogens (tertiary/aromatic N) is 2. The topological polar surface area (TPSA) is 60.9 Å². The summed E-state index contributed by atoms with van der Waals surface area (Å²) >= 11 is 0. The van der Waals surface area contributed by atoms with Gasteiger partial charge in [0.1, 0.15) is 12.4 Å². The summed E-state index contributed by atoms with van der Waals surface area (Å²) in [4.78, 5) is 19.0. The van der Waals surface area contributed by atoms with Crippen LogP contribution in [0, 0.1) is 0 Å². The Morgan fingerprint density at radius 2 is 1.93 bits per heavy atom. The van der Waals surface area contributed by atoms with Crippen molar-refractivity contribution in [1.29, 1.82) is 0 Å². The van der Waals surface area contributed by atoms with E-state index < -0.39 is 0 Å². The molecule has 0 unspecified atom stereocenters. The predicted molar refractivity (Wildman–Crippen MR) is 112 cm³/mol. The van der Waals surface area contributed by atoms with E-state index in [1.54, 1.807) is 18.1 Å². The van der Waals surface area contributed by atoms with E-state index in [0.717, 1.165) is 29.2 Å². The van der Waals surface area contributed by atoms with Gasteiger partial charge in [-0.1, -0.05) is 24.3 Å². The van der Waals surface area contributed by atoms with E-state index in [1.807, 2.05) is 48.5 Å². The molecule has 152 valence electrons. The highest BCUT2D eigenvalue weighted by atomic mass is 16.6. The number of amides is 1. The van der Waals surface area contributed by atoms with Gasteiger partial charge >= 0.3 is 0 Å². The first kappa shape index (κ1) is 18.5. The third-order valence-electron chi connectivity index (χ3n) is 5.39. The molecule has 0 N–H and O–H groups in total. The van der Waals surface area contributed by atoms with Crippen LogP contribution >= 0.6 is 0 Å². The largest absolute Gasteiger partial charge is 0.492 e. The Bertz CT molecular complexity index is 1080. The molecule has 1 atom stereocenters. The third-order valence-corrected chi connectivity index (χ3v) is 5.39. The molecule has 5 rings (SSSR count). The van der Waals surface area contributed by atoms with E-state index in [4.69, 9.17) is 14.2 Å². The van der Waals surface area contributed by atoms with Gasteiger partial charge in [-0.2, -0.15) is 0 Å². The zero-order chi connectivity index (χ0) is 20.5. The van der Waals surface area contributed by atoms with Crippen LogP contribution in [-0.2, 0) is 6.42 Å². The van der Waals surface area contributed by atoms with Crippen LogP contribution in [0.25, 0.3) is 11.3 Å². The maximum absolute atomic E-state index is 12.9. The summed E-state index contributed by atoms with van der Waals surface area (Å²) in [6.07, 6.45) is 2.32. The molecule has 0 radical (unpaired) electrons. The fraction of sp³-hybridized carbons (Fsp3) is 0.250. The number of benzene rings is 2. The smallest absolute Gasteiger partial charge is 0.255 e. The lowest BCUT2D eigenvalue weighted by Gasteiger charge is -2.29. The summed E-state index contributed by atoms with van der Waals surface area (Å²) in [6, 6.07) is 17.3. The van der Waals surface area contributed by atoms with Crippen LogP contribution in [0.2, 0.25) is 0 Å². The molecule has 0 saturated carbocycles. The van der Waals surface area contributed by atoms with Crippen LogP contribution in [0.1, 0.15) is 15.9 Å². The molecule has 0 aliphatic carbocycles. The van der Waals surface area contributed by atoms with Gasteiger partial charge in [-0.25, -0.2) is 0 Å². The third kappa shape index (κ3) is 3.45. The maximum atomic E-state index is 12.9. The van der Waals surface area contributed by atoms with E-state index in [-0.39, 0.29) is 12.0 Å². The number of para-hydroxylation sites is 3. The van der Waals surface area contributed by atoms with Crippen LogP contribution in [0.3, 0.4) is 0 Å². The van der Waals surface area contributed by atoms with Gasteiger partial charge in [-0.3, -0.25) is 9.78 Å². The van der Waals surface area contributed by atoms with Crippen LogP contribution in [0.4, 0.5) is 0 Å². The number of aromatic nitrogens is 1. The van der Waals surface area contributed by atoms with Crippen LogP contribution in [-0.4, -0.2) is 48.7 Å². The van der Waals surface area contributed by atoms with E-state index in [2.05, 4.69) is 11.1 Å². The SMILES string of the molecule is CN(C[C@H]1COc2ccccc2O1)C(=O)c1ccc(-c2cccc3c2OCC3)nc1. The Labute approximate surface area is 175 Å². The Kier molecular flexibility index (Phi) is 4.75. The number of hydrogen-bond acceptors (Lipinski definition) is 5. The summed E-state index contributed by atoms with van der Waals surface area (Å²) in [6.45, 7) is 1.53. The van der Waals surface area contributed by atoms with Crippen molar-refractivity contribution in [2.75, 3.05) is 26.8 Å². The van der Waals surface area contributed by atoms with Crippen molar-refractivity contribution >= 4 is 5.91 Å². The molecular formula is C24H22N2O4. The van der Waals surface area contributed by atoms with Crippen LogP contribution in [0.5, 0.6) is 17.2 Å². The number of carbonyl (C=O) groups is 1. The first-order valence-electron chi connectivity index (χ1n) is 10.0. The van der Waals surface area contributed by atoms with E-state index in [9.17, 15) is 4.79 Å². The molecule has 30 heavy (non-hydrogen) atoms. The highest BCUT2D eigenvalue weighted by Crippen LogP contribution is 2.36. The summed E-state index contributed by atoms with van der Waals surface area (Å²) < 4.78 is 17.5. The lowest BCUT2D eigenvalue weighted by Crippen LogP contribution is -2.41. The number of fused-ring (bicyclic) bond motifs is 2. The Morgan fingerprint density at radius 3 is 2.77 bits per heavy atom. The molecule has 3 aromatic rings. The van der Waals surface area contributed by atoms with Gasteiger partial charge in [0.15, 0.2) is 17.6 Å². The number of carbonyl (C=O) groups excluding carboxylic acids is 1. The van der Waals surface area contributed by atoms with Crippen molar-refractivity contribution in [3.8, 4) is 28.5 Å². The van der Waals surface area contributed by atoms with Crippen molar-refractivity contribution in [3.05, 3.63) is 71.9 Å². The van der Waals surface area contributed by atoms with E-state index in [1.165, 1.54) is 5.56 Å². The maximum Gasteiger partial charge on any atom is 0.255 e. The van der Waals surface area contributed by atoms with E-state index >= 15 is 0 Å². The lowest BCUT2D eigenvalue weighted by atomic mass is 10.0. The lowest BCUT2D eigenvalue weighted by molar-refractivity contribution is 0.0520. The molecule has 0 fully saturated rings. The highest BCUT2D eigenvalue weighted by Gasteiger charge is 2.24. The average molecular weight is 402 g/mol. The average Bonchev–Trinajstić information content (AvgIpc) is 3.28. The summed E-state index contributed by atoms with van der Waals surface area (Å²) in [7, 11) is 1.76. The monoisotopic (exact) mass is 402 g/mol. The van der Waals surface area contributed by atoms with Crippen molar-refractivity contribution < 1.29 is 19.0 Å². The van der Waals surface area contributed by atoms with Gasteiger partial charge in [0, 0.05) is 25.2 Å². The van der Waals surface area contributed by atoms with Crippen LogP contribution < -0.4 is 14.2 Å². The standard InChI is InChI=1S/C24H22N2O4/c1-26(14-18-15-29-21-7-2-3-8-22(21)30-18)24(27)17-9-10-20(25-13-17)19-6-4-5-16-11-12-28-23(16)19/h2-10,13,18H,11-12,14-15H2,1H3/t18-/m0/s1. The molecule has 0 spiro atoms. The normalized spacial score (nSPS) is 16.5. The minimum absolute atomic E-state index is 0.106. The van der Waals surface area contributed by atoms with Crippen molar-refractivity contribution in [1.82, 2.24) is 9.88 Å². The fourth-order valence-electron chi connectivity index (χ4n) is 3.86. The fourth-order valence-corrected chi connectivity index (χ4v) is 3.86. The van der Waals surface area contributed by atoms with Crippen molar-refractivity contribution in [3.63, 3.8) is 0 Å². The van der Waals surface area contributed by atoms with Gasteiger partial charge in [-0.15, -0.1) is 0 Å². The molecule has 0 saturated heterocycles. The van der Waals surface area contributed by atoms with Gasteiger partial charge < -0.3 is 19.1 Å². The zero-order valence-electron chi connectivity index (χ0n) is 16.7. The van der Waals surface area contributed by atoms with Crippen molar-refractivity contribution in [2.45, 2.75) is 12.5 Å². The molecule has 2 aliphatic rings. The number of hydrogen-bond donors (Lipinski definition) is 0. The molecule has 3 heterocycles. The number of ether oxygens (including phenoxy) is 3. The number of rotatable bonds is 4. The van der Waals surface area contributed by atoms with Gasteiger partial charge in [-0.05, 0) is 35.9 Å². The molecule has 1 amide bonds. The highest BCUT2D eigenvalue weighted by molar-refractivity contribution is 5.94. The second kappa shape index (κ2) is 7.71. The second-order valence-corrected chi connectivity index (χ2v) is 7.51. The van der Waals surface area contributed by atoms with Gasteiger partial charge in [0.2, 0.25) is 0 Å². The van der Waals surface area contributed by atoms with Crippen molar-refractivity contribution in [2.24, 2.45) is 0 Å². The Morgan fingerprint density at radius 1 is 1.07 bits per heavy atom. The summed E-state index contributed by atoms with van der Waals surface area (Å²) in [5.74, 6) is 2.24. The Balaban J connectivity index is 1.27. The molecular weight excluding hydrogens is 380 g/mol. The molecule has 1 aromatic heterocycles. The molecule has 6 heteroatoms. The minimum Gasteiger partial charge on any atom is -0.492 e. The molecule has 2 aromatic carbocycles. The minimum atomic E-state index is -0.217. The quantitative estimate of drug-likeness (QED) is 0.667. The summed E-state index contributed by atoms with van der Waals surface area (Å²) in [5, 5.41) is 0. The van der Waals surface area contributed by atoms with Crippen LogP contribution in [0.15, 0.2) is 60.8 Å². The second-order valence-electron chi connectivity index (χ2n) is 7.51. The first-order valence-corrected chi connectivity index (χ1v) is 10.0. The zero-order valence-corrected chi connectivity index (χ0v) is 16.7. The molecule has 6 nitrogen and oxygen atoms in total. The van der Waals surface area contributed by atoms with Gasteiger partial charge in [0.05, 0.1) is 24.4 Å². The predicted octanol–water partition coefficient (Wildman–Crippen LogP) is 3.60. The number of likely N-dealkylation sites (N-methyl/N-ethyl adjacent to an activating group) is 1. The Hall–Kier alpha value is -3.54. The molecule has 0 bridgehead atoms. The molecule has 2 aliphatic heterocycles. The first-order chi connectivity index (χ1) is 14.7. The van der Waals surface area contributed by atoms with Gasteiger partial charge in [0.25, 0.3) is 5.91 Å². The summed E-state index contributed by atoms with van der Waals surface area (Å²) in [5.41, 5.74) is 3.50. The van der Waals surface area contributed by atoms with E-state index in [0.29, 0.717) is 31.1 Å².